The number of nitrogens with zero attached hydrogens (tertiary/aromatic N) is 3. The second kappa shape index (κ2) is 6.30. The predicted molar refractivity (Wildman–Crippen MR) is 83.8 cm³/mol. The van der Waals surface area contributed by atoms with E-state index < -0.39 is 5.60 Å². The summed E-state index contributed by atoms with van der Waals surface area (Å²) < 4.78 is 0. The summed E-state index contributed by atoms with van der Waals surface area (Å²) in [5.41, 5.74) is 6.40. The molecule has 0 unspecified atom stereocenters. The Hall–Kier alpha value is -1.17. The van der Waals surface area contributed by atoms with E-state index in [9.17, 15) is 5.11 Å². The number of pyridine rings is 1. The number of rotatable bonds is 4. The van der Waals surface area contributed by atoms with Crippen molar-refractivity contribution >= 4 is 5.82 Å². The average molecular weight is 290 g/mol. The van der Waals surface area contributed by atoms with E-state index >= 15 is 0 Å². The Morgan fingerprint density at radius 1 is 1.19 bits per heavy atom. The SMILES string of the molecule is Nc1ncccc1CN1CC[C@](O)(CN2CCCCC2)C1. The lowest BCUT2D eigenvalue weighted by Crippen LogP contribution is -2.46. The number of hydrogen-bond acceptors (Lipinski definition) is 5. The van der Waals surface area contributed by atoms with Gasteiger partial charge in [0.25, 0.3) is 0 Å². The fourth-order valence-electron chi connectivity index (χ4n) is 3.56. The number of aliphatic hydroxyl groups is 1. The van der Waals surface area contributed by atoms with E-state index in [1.54, 1.807) is 6.20 Å². The molecule has 0 amide bonds. The molecule has 3 rings (SSSR count). The highest BCUT2D eigenvalue weighted by Gasteiger charge is 2.37. The summed E-state index contributed by atoms with van der Waals surface area (Å²) in [5, 5.41) is 10.8. The van der Waals surface area contributed by atoms with Gasteiger partial charge in [-0.2, -0.15) is 0 Å². The quantitative estimate of drug-likeness (QED) is 0.869. The number of β-amino-alcohol motifs (C(OH)–C–C–N with tert-alkyl or cyclic N) is 1. The molecule has 3 N–H and O–H groups in total. The Labute approximate surface area is 126 Å². The maximum atomic E-state index is 10.8. The van der Waals surface area contributed by atoms with Gasteiger partial charge in [0.05, 0.1) is 5.60 Å². The van der Waals surface area contributed by atoms with Crippen LogP contribution in [0.1, 0.15) is 31.2 Å². The van der Waals surface area contributed by atoms with Gasteiger partial charge in [0, 0.05) is 37.9 Å². The van der Waals surface area contributed by atoms with Crippen molar-refractivity contribution in [3.8, 4) is 0 Å². The molecule has 5 heteroatoms. The lowest BCUT2D eigenvalue weighted by molar-refractivity contribution is 0.00635. The largest absolute Gasteiger partial charge is 0.387 e. The molecule has 0 spiro atoms. The molecule has 0 aliphatic carbocycles. The maximum Gasteiger partial charge on any atom is 0.127 e. The highest BCUT2D eigenvalue weighted by molar-refractivity contribution is 5.38. The zero-order chi connectivity index (χ0) is 14.7. The van der Waals surface area contributed by atoms with Crippen LogP contribution >= 0.6 is 0 Å². The second-order valence-corrected chi connectivity index (χ2v) is 6.57. The lowest BCUT2D eigenvalue weighted by Gasteiger charge is -2.33. The number of hydrogen-bond donors (Lipinski definition) is 2. The number of nitrogen functional groups attached to an aromatic ring is 1. The van der Waals surface area contributed by atoms with Crippen LogP contribution in [0.2, 0.25) is 0 Å². The van der Waals surface area contributed by atoms with Crippen LogP contribution in [0.5, 0.6) is 0 Å². The van der Waals surface area contributed by atoms with E-state index in [1.165, 1.54) is 19.3 Å². The standard InChI is InChI=1S/C16H26N4O/c17-15-14(5-4-7-18-15)11-20-10-6-16(21,13-20)12-19-8-2-1-3-9-19/h4-5,7,21H,1-3,6,8-13H2,(H2,17,18)/t16-/m0/s1. The highest BCUT2D eigenvalue weighted by atomic mass is 16.3. The number of likely N-dealkylation sites (tertiary alicyclic amines) is 2. The summed E-state index contributed by atoms with van der Waals surface area (Å²) in [4.78, 5) is 8.84. The van der Waals surface area contributed by atoms with Crippen LogP contribution in [0.4, 0.5) is 5.82 Å². The first-order valence-corrected chi connectivity index (χ1v) is 8.01. The minimum Gasteiger partial charge on any atom is -0.387 e. The van der Waals surface area contributed by atoms with Crippen molar-refractivity contribution < 1.29 is 5.11 Å². The van der Waals surface area contributed by atoms with Crippen molar-refractivity contribution in [2.24, 2.45) is 0 Å². The summed E-state index contributed by atoms with van der Waals surface area (Å²) in [7, 11) is 0. The normalized spacial score (nSPS) is 28.0. The Morgan fingerprint density at radius 2 is 2.00 bits per heavy atom. The van der Waals surface area contributed by atoms with Gasteiger partial charge in [-0.25, -0.2) is 4.98 Å². The van der Waals surface area contributed by atoms with Crippen LogP contribution in [0.25, 0.3) is 0 Å². The fourth-order valence-corrected chi connectivity index (χ4v) is 3.56. The molecule has 0 aromatic carbocycles. The molecule has 2 aliphatic rings. The maximum absolute atomic E-state index is 10.8. The number of anilines is 1. The molecule has 1 aromatic heterocycles. The minimum absolute atomic E-state index is 0.561. The van der Waals surface area contributed by atoms with Gasteiger partial charge in [0.2, 0.25) is 0 Å². The molecule has 5 nitrogen and oxygen atoms in total. The molecule has 1 aromatic rings. The Balaban J connectivity index is 1.55. The van der Waals surface area contributed by atoms with E-state index in [0.29, 0.717) is 5.82 Å². The molecule has 2 aliphatic heterocycles. The van der Waals surface area contributed by atoms with E-state index in [-0.39, 0.29) is 0 Å². The molecular weight excluding hydrogens is 264 g/mol. The number of aromatic nitrogens is 1. The molecule has 3 heterocycles. The Kier molecular flexibility index (Phi) is 4.42. The van der Waals surface area contributed by atoms with Gasteiger partial charge in [-0.15, -0.1) is 0 Å². The summed E-state index contributed by atoms with van der Waals surface area (Å²) in [6, 6.07) is 3.94. The van der Waals surface area contributed by atoms with Crippen molar-refractivity contribution in [3.63, 3.8) is 0 Å². The van der Waals surface area contributed by atoms with Crippen molar-refractivity contribution in [1.82, 2.24) is 14.8 Å². The number of nitrogens with two attached hydrogens (primary N) is 1. The highest BCUT2D eigenvalue weighted by Crippen LogP contribution is 2.26. The van der Waals surface area contributed by atoms with Gasteiger partial charge in [-0.3, -0.25) is 4.90 Å². The zero-order valence-corrected chi connectivity index (χ0v) is 12.7. The van der Waals surface area contributed by atoms with E-state index in [0.717, 1.165) is 51.3 Å². The summed E-state index contributed by atoms with van der Waals surface area (Å²) in [6.07, 6.45) is 6.44. The molecule has 116 valence electrons. The van der Waals surface area contributed by atoms with Crippen LogP contribution in [0.15, 0.2) is 18.3 Å². The molecule has 0 bridgehead atoms. The third-order valence-corrected chi connectivity index (χ3v) is 4.70. The van der Waals surface area contributed by atoms with Crippen LogP contribution in [-0.4, -0.2) is 58.2 Å². The van der Waals surface area contributed by atoms with E-state index in [1.807, 2.05) is 12.1 Å². The van der Waals surface area contributed by atoms with Gasteiger partial charge in [0.1, 0.15) is 5.82 Å². The van der Waals surface area contributed by atoms with Crippen LogP contribution in [-0.2, 0) is 6.54 Å². The van der Waals surface area contributed by atoms with Crippen molar-refractivity contribution in [2.45, 2.75) is 37.8 Å². The first-order chi connectivity index (χ1) is 10.1. The van der Waals surface area contributed by atoms with Crippen molar-refractivity contribution in [2.75, 3.05) is 38.5 Å². The molecule has 0 saturated carbocycles. The molecule has 0 radical (unpaired) electrons. The Morgan fingerprint density at radius 3 is 2.76 bits per heavy atom. The van der Waals surface area contributed by atoms with Crippen molar-refractivity contribution in [1.29, 1.82) is 0 Å². The monoisotopic (exact) mass is 290 g/mol. The van der Waals surface area contributed by atoms with Gasteiger partial charge >= 0.3 is 0 Å². The van der Waals surface area contributed by atoms with Crippen LogP contribution in [0.3, 0.4) is 0 Å². The minimum atomic E-state index is -0.561. The van der Waals surface area contributed by atoms with Gasteiger partial charge in [-0.1, -0.05) is 12.5 Å². The van der Waals surface area contributed by atoms with Crippen LogP contribution < -0.4 is 5.73 Å². The smallest absolute Gasteiger partial charge is 0.127 e. The summed E-state index contributed by atoms with van der Waals surface area (Å²) in [5.74, 6) is 0.601. The molecule has 1 atom stereocenters. The predicted octanol–water partition coefficient (Wildman–Crippen LogP) is 1.09. The molecular formula is C16H26N4O. The van der Waals surface area contributed by atoms with Gasteiger partial charge in [-0.05, 0) is 38.4 Å². The number of piperidine rings is 1. The molecule has 2 saturated heterocycles. The molecule has 21 heavy (non-hydrogen) atoms. The summed E-state index contributed by atoms with van der Waals surface area (Å²) >= 11 is 0. The van der Waals surface area contributed by atoms with Gasteiger partial charge < -0.3 is 15.7 Å². The second-order valence-electron chi connectivity index (χ2n) is 6.57. The first kappa shape index (κ1) is 14.8. The fraction of sp³-hybridized carbons (Fsp3) is 0.688. The summed E-state index contributed by atoms with van der Waals surface area (Å²) in [6.45, 7) is 5.53. The lowest BCUT2D eigenvalue weighted by atomic mass is 10.0. The van der Waals surface area contributed by atoms with Gasteiger partial charge in [0.15, 0.2) is 0 Å². The third kappa shape index (κ3) is 3.73. The van der Waals surface area contributed by atoms with Crippen LogP contribution in [0, 0.1) is 0 Å². The van der Waals surface area contributed by atoms with Crippen molar-refractivity contribution in [3.05, 3.63) is 23.9 Å². The Bertz CT molecular complexity index is 475. The topological polar surface area (TPSA) is 65.6 Å². The molecule has 2 fully saturated rings. The zero-order valence-electron chi connectivity index (χ0n) is 12.7. The van der Waals surface area contributed by atoms with E-state index in [2.05, 4.69) is 14.8 Å². The van der Waals surface area contributed by atoms with E-state index in [4.69, 9.17) is 5.73 Å². The average Bonchev–Trinajstić information content (AvgIpc) is 2.83. The third-order valence-electron chi connectivity index (χ3n) is 4.70. The first-order valence-electron chi connectivity index (χ1n) is 8.01.